The monoisotopic (exact) mass is 583 g/mol. The van der Waals surface area contributed by atoms with E-state index >= 15 is 0 Å². The van der Waals surface area contributed by atoms with Crippen LogP contribution >= 0.6 is 0 Å². The third-order valence-electron chi connectivity index (χ3n) is 10.3. The Balaban J connectivity index is 1.22. The van der Waals surface area contributed by atoms with Gasteiger partial charge in [0.25, 0.3) is 0 Å². The summed E-state index contributed by atoms with van der Waals surface area (Å²) in [5.74, 6) is 0. The van der Waals surface area contributed by atoms with Crippen molar-refractivity contribution < 1.29 is 0 Å². The zero-order valence-electron chi connectivity index (χ0n) is 24.9. The zero-order chi connectivity index (χ0) is 29.9. The lowest BCUT2D eigenvalue weighted by Crippen LogP contribution is -2.56. The van der Waals surface area contributed by atoms with Gasteiger partial charge in [0, 0.05) is 60.9 Å². The Kier molecular flexibility index (Phi) is 4.66. The van der Waals surface area contributed by atoms with Crippen molar-refractivity contribution in [2.45, 2.75) is 0 Å². The second kappa shape index (κ2) is 8.80. The average Bonchev–Trinajstić information content (AvgIpc) is 3.64. The van der Waals surface area contributed by atoms with E-state index in [1.54, 1.807) is 0 Å². The van der Waals surface area contributed by atoms with Crippen molar-refractivity contribution in [2.75, 3.05) is 4.90 Å². The highest BCUT2D eigenvalue weighted by atomic mass is 15.2. The molecule has 0 bridgehead atoms. The van der Waals surface area contributed by atoms with Gasteiger partial charge in [0.05, 0.1) is 11.0 Å². The third kappa shape index (κ3) is 2.99. The summed E-state index contributed by atoms with van der Waals surface area (Å²) in [4.78, 5) is 2.50. The number of para-hydroxylation sites is 5. The molecule has 212 valence electrons. The predicted molar refractivity (Wildman–Crippen MR) is 194 cm³/mol. The van der Waals surface area contributed by atoms with Gasteiger partial charge in [0.2, 0.25) is 0 Å². The summed E-state index contributed by atoms with van der Waals surface area (Å²) in [6, 6.07) is 58.1. The number of hydrogen-bond acceptors (Lipinski definition) is 1. The van der Waals surface area contributed by atoms with Gasteiger partial charge in [0.15, 0.2) is 0 Å². The number of benzene rings is 7. The summed E-state index contributed by atoms with van der Waals surface area (Å²) < 4.78 is 5.00. The highest BCUT2D eigenvalue weighted by Crippen LogP contribution is 2.45. The van der Waals surface area contributed by atoms with E-state index in [1.807, 2.05) is 0 Å². The van der Waals surface area contributed by atoms with Gasteiger partial charge in [-0.1, -0.05) is 103 Å². The van der Waals surface area contributed by atoms with Crippen LogP contribution in [0.25, 0.3) is 60.4 Å². The fourth-order valence-corrected chi connectivity index (χ4v) is 8.52. The number of nitrogens with zero attached hydrogens (tertiary/aromatic N) is 3. The van der Waals surface area contributed by atoms with Gasteiger partial charge >= 0.3 is 6.85 Å². The van der Waals surface area contributed by atoms with Crippen LogP contribution in [0, 0.1) is 0 Å². The fraction of sp³-hybridized carbons (Fsp3) is 0. The molecule has 2 aliphatic rings. The topological polar surface area (TPSA) is 13.1 Å². The Labute approximate surface area is 266 Å². The lowest BCUT2D eigenvalue weighted by molar-refractivity contribution is 1.18. The zero-order valence-corrected chi connectivity index (χ0v) is 24.9. The molecule has 0 unspecified atom stereocenters. The van der Waals surface area contributed by atoms with E-state index in [4.69, 9.17) is 0 Å². The van der Waals surface area contributed by atoms with Gasteiger partial charge in [-0.15, -0.1) is 0 Å². The van der Waals surface area contributed by atoms with Gasteiger partial charge in [-0.3, -0.25) is 0 Å². The van der Waals surface area contributed by atoms with Crippen molar-refractivity contribution in [3.05, 3.63) is 158 Å². The van der Waals surface area contributed by atoms with E-state index in [-0.39, 0.29) is 6.85 Å². The Hall–Kier alpha value is -6.00. The second-order valence-electron chi connectivity index (χ2n) is 12.5. The maximum Gasteiger partial charge on any atom is 0.333 e. The Morgan fingerprint density at radius 3 is 1.96 bits per heavy atom. The summed E-state index contributed by atoms with van der Waals surface area (Å²) >= 11 is 0. The maximum absolute atomic E-state index is 2.61. The van der Waals surface area contributed by atoms with Crippen LogP contribution in [0.1, 0.15) is 0 Å². The van der Waals surface area contributed by atoms with Crippen LogP contribution in [0.3, 0.4) is 0 Å². The van der Waals surface area contributed by atoms with Gasteiger partial charge in [0.1, 0.15) is 0 Å². The summed E-state index contributed by atoms with van der Waals surface area (Å²) in [6.07, 6.45) is 0. The molecule has 0 radical (unpaired) electrons. The standard InChI is InChI=1S/C42H26BN3/c1-2-12-27(13-3-1)44-36-20-7-4-15-30(36)34-26-28(24-25-37(34)44)45-39-22-9-6-19-35(39)43-41-31(16-11-23-40(41)45)33-18-10-17-32-29-14-5-8-21-38(29)46(43)42(32)33/h1-26H. The lowest BCUT2D eigenvalue weighted by Gasteiger charge is -2.40. The number of anilines is 3. The molecule has 0 saturated carbocycles. The third-order valence-corrected chi connectivity index (χ3v) is 10.3. The first-order chi connectivity index (χ1) is 22.9. The maximum atomic E-state index is 2.61. The van der Waals surface area contributed by atoms with Crippen LogP contribution in [0.15, 0.2) is 158 Å². The van der Waals surface area contributed by atoms with E-state index in [2.05, 4.69) is 172 Å². The van der Waals surface area contributed by atoms with Crippen molar-refractivity contribution in [3.8, 4) is 16.8 Å². The molecule has 3 nitrogen and oxygen atoms in total. The van der Waals surface area contributed by atoms with Gasteiger partial charge in [-0.05, 0) is 71.1 Å². The first-order valence-electron chi connectivity index (χ1n) is 16.0. The number of fused-ring (bicyclic) bond motifs is 10. The van der Waals surface area contributed by atoms with E-state index < -0.39 is 0 Å². The summed E-state index contributed by atoms with van der Waals surface area (Å²) in [6.45, 7) is 0.0830. The quantitative estimate of drug-likeness (QED) is 0.185. The van der Waals surface area contributed by atoms with Crippen molar-refractivity contribution in [3.63, 3.8) is 0 Å². The molecule has 2 aliphatic heterocycles. The van der Waals surface area contributed by atoms with Gasteiger partial charge < -0.3 is 13.9 Å². The molecule has 0 aliphatic carbocycles. The first kappa shape index (κ1) is 24.3. The van der Waals surface area contributed by atoms with Gasteiger partial charge in [-0.2, -0.15) is 0 Å². The van der Waals surface area contributed by atoms with Crippen molar-refractivity contribution in [1.82, 2.24) is 9.05 Å². The molecule has 4 heterocycles. The molecule has 11 rings (SSSR count). The minimum Gasteiger partial charge on any atom is -0.375 e. The molecule has 0 spiro atoms. The van der Waals surface area contributed by atoms with Crippen LogP contribution in [0.4, 0.5) is 17.1 Å². The molecule has 0 N–H and O–H groups in total. The van der Waals surface area contributed by atoms with E-state index in [0.29, 0.717) is 0 Å². The molecule has 7 aromatic carbocycles. The Morgan fingerprint density at radius 1 is 0.413 bits per heavy atom. The fourth-order valence-electron chi connectivity index (χ4n) is 8.52. The minimum atomic E-state index is 0.0830. The molecule has 9 aromatic rings. The first-order valence-corrected chi connectivity index (χ1v) is 16.0. The molecule has 0 fully saturated rings. The second-order valence-corrected chi connectivity index (χ2v) is 12.5. The molecule has 46 heavy (non-hydrogen) atoms. The van der Waals surface area contributed by atoms with E-state index in [1.165, 1.54) is 88.4 Å². The summed E-state index contributed by atoms with van der Waals surface area (Å²) in [5.41, 5.74) is 15.2. The van der Waals surface area contributed by atoms with Crippen LogP contribution in [-0.2, 0) is 0 Å². The highest BCUT2D eigenvalue weighted by molar-refractivity contribution is 6.90. The van der Waals surface area contributed by atoms with Crippen LogP contribution in [-0.4, -0.2) is 15.9 Å². The number of aromatic nitrogens is 2. The van der Waals surface area contributed by atoms with Gasteiger partial charge in [-0.25, -0.2) is 0 Å². The Morgan fingerprint density at radius 2 is 1.07 bits per heavy atom. The summed E-state index contributed by atoms with van der Waals surface area (Å²) in [5, 5.41) is 5.15. The minimum absolute atomic E-state index is 0.0830. The molecule has 0 saturated heterocycles. The van der Waals surface area contributed by atoms with Crippen LogP contribution in [0.2, 0.25) is 0 Å². The molecular weight excluding hydrogens is 557 g/mol. The van der Waals surface area contributed by atoms with E-state index in [9.17, 15) is 0 Å². The molecule has 0 atom stereocenters. The lowest BCUT2D eigenvalue weighted by atomic mass is 9.45. The molecular formula is C42H26BN3. The largest absolute Gasteiger partial charge is 0.375 e. The van der Waals surface area contributed by atoms with Crippen LogP contribution < -0.4 is 15.8 Å². The Bertz CT molecular complexity index is 2720. The number of rotatable bonds is 2. The number of hydrogen-bond donors (Lipinski definition) is 0. The summed E-state index contributed by atoms with van der Waals surface area (Å²) in [7, 11) is 0. The van der Waals surface area contributed by atoms with Crippen molar-refractivity contribution >= 4 is 78.4 Å². The average molecular weight is 584 g/mol. The SMILES string of the molecule is c1ccc(-n2c3ccccc3c3cc(N4c5ccccc5B5c6c(cccc64)-c4cccc6c7ccccc7n5c46)ccc32)cc1. The smallest absolute Gasteiger partial charge is 0.333 e. The van der Waals surface area contributed by atoms with E-state index in [0.717, 1.165) is 0 Å². The molecule has 4 heteroatoms. The highest BCUT2D eigenvalue weighted by Gasteiger charge is 2.42. The van der Waals surface area contributed by atoms with Crippen molar-refractivity contribution in [1.29, 1.82) is 0 Å². The van der Waals surface area contributed by atoms with Crippen molar-refractivity contribution in [2.24, 2.45) is 0 Å². The van der Waals surface area contributed by atoms with Crippen LogP contribution in [0.5, 0.6) is 0 Å². The molecule has 2 aromatic heterocycles. The molecule has 0 amide bonds. The normalized spacial score (nSPS) is 13.1. The predicted octanol–water partition coefficient (Wildman–Crippen LogP) is 9.31.